The minimum atomic E-state index is 0.677. The Morgan fingerprint density at radius 2 is 2.00 bits per heavy atom. The van der Waals surface area contributed by atoms with Gasteiger partial charge in [0.05, 0.1) is 10.0 Å². The average molecular weight is 314 g/mol. The molecule has 0 radical (unpaired) electrons. The van der Waals surface area contributed by atoms with Crippen molar-refractivity contribution in [3.05, 3.63) is 33.8 Å². The van der Waals surface area contributed by atoms with Gasteiger partial charge in [0.1, 0.15) is 0 Å². The van der Waals surface area contributed by atoms with Crippen LogP contribution in [0.5, 0.6) is 0 Å². The van der Waals surface area contributed by atoms with E-state index in [1.165, 1.54) is 24.8 Å². The van der Waals surface area contributed by atoms with Crippen molar-refractivity contribution in [3.8, 4) is 0 Å². The molecule has 0 aromatic heterocycles. The fraction of sp³-hybridized carbons (Fsp3) is 0.647. The molecule has 3 atom stereocenters. The van der Waals surface area contributed by atoms with Crippen molar-refractivity contribution < 1.29 is 0 Å². The largest absolute Gasteiger partial charge is 0.317 e. The van der Waals surface area contributed by atoms with Crippen LogP contribution < -0.4 is 5.32 Å². The molecule has 0 heterocycles. The Hall–Kier alpha value is -0.240. The number of nitrogens with one attached hydrogen (secondary N) is 1. The van der Waals surface area contributed by atoms with Crippen molar-refractivity contribution in [2.45, 2.75) is 39.5 Å². The molecule has 0 bridgehead atoms. The molecule has 0 amide bonds. The molecular formula is C17H25Cl2N. The van der Waals surface area contributed by atoms with Crippen molar-refractivity contribution in [1.29, 1.82) is 0 Å². The van der Waals surface area contributed by atoms with Crippen LogP contribution in [0.25, 0.3) is 0 Å². The van der Waals surface area contributed by atoms with Crippen LogP contribution in [0.2, 0.25) is 10.0 Å². The number of hydrogen-bond donors (Lipinski definition) is 1. The zero-order valence-corrected chi connectivity index (χ0v) is 14.0. The Balaban J connectivity index is 2.08. The maximum Gasteiger partial charge on any atom is 0.0624 e. The van der Waals surface area contributed by atoms with Gasteiger partial charge in [0, 0.05) is 0 Å². The summed E-state index contributed by atoms with van der Waals surface area (Å²) in [4.78, 5) is 0. The first-order valence-electron chi connectivity index (χ1n) is 7.75. The Morgan fingerprint density at radius 3 is 2.75 bits per heavy atom. The molecule has 1 aromatic rings. The Bertz CT molecular complexity index is 431. The average Bonchev–Trinajstić information content (AvgIpc) is 2.43. The van der Waals surface area contributed by atoms with E-state index in [2.05, 4.69) is 25.2 Å². The molecule has 1 N–H and O–H groups in total. The van der Waals surface area contributed by atoms with E-state index < -0.39 is 0 Å². The van der Waals surface area contributed by atoms with Crippen LogP contribution in [0, 0.1) is 17.8 Å². The number of benzene rings is 1. The molecule has 3 heteroatoms. The molecule has 0 aliphatic heterocycles. The van der Waals surface area contributed by atoms with Crippen molar-refractivity contribution in [3.63, 3.8) is 0 Å². The van der Waals surface area contributed by atoms with E-state index in [-0.39, 0.29) is 0 Å². The van der Waals surface area contributed by atoms with E-state index in [4.69, 9.17) is 23.2 Å². The minimum absolute atomic E-state index is 0.677. The van der Waals surface area contributed by atoms with Gasteiger partial charge < -0.3 is 5.32 Å². The maximum absolute atomic E-state index is 6.35. The van der Waals surface area contributed by atoms with Crippen LogP contribution in [0.3, 0.4) is 0 Å². The second kappa shape index (κ2) is 7.68. The molecule has 1 aliphatic carbocycles. The van der Waals surface area contributed by atoms with Gasteiger partial charge in [-0.2, -0.15) is 0 Å². The summed E-state index contributed by atoms with van der Waals surface area (Å²) in [5, 5.41) is 4.94. The highest BCUT2D eigenvalue weighted by Gasteiger charge is 2.28. The van der Waals surface area contributed by atoms with E-state index in [9.17, 15) is 0 Å². The van der Waals surface area contributed by atoms with Gasteiger partial charge in [0.15, 0.2) is 0 Å². The highest BCUT2D eigenvalue weighted by Crippen LogP contribution is 2.37. The van der Waals surface area contributed by atoms with Crippen molar-refractivity contribution in [2.75, 3.05) is 13.1 Å². The molecule has 1 nitrogen and oxygen atoms in total. The molecule has 3 unspecified atom stereocenters. The highest BCUT2D eigenvalue weighted by molar-refractivity contribution is 6.42. The fourth-order valence-corrected chi connectivity index (χ4v) is 3.80. The molecule has 1 aromatic carbocycles. The number of hydrogen-bond acceptors (Lipinski definition) is 1. The monoisotopic (exact) mass is 313 g/mol. The van der Waals surface area contributed by atoms with Gasteiger partial charge in [-0.15, -0.1) is 0 Å². The molecule has 112 valence electrons. The molecule has 0 saturated heterocycles. The quantitative estimate of drug-likeness (QED) is 0.788. The molecule has 20 heavy (non-hydrogen) atoms. The zero-order chi connectivity index (χ0) is 14.5. The van der Waals surface area contributed by atoms with E-state index in [1.807, 2.05) is 12.1 Å². The van der Waals surface area contributed by atoms with Crippen LogP contribution in [-0.4, -0.2) is 13.1 Å². The number of rotatable bonds is 5. The summed E-state index contributed by atoms with van der Waals surface area (Å²) in [5.74, 6) is 2.31. The summed E-state index contributed by atoms with van der Waals surface area (Å²) in [6, 6.07) is 6.00. The van der Waals surface area contributed by atoms with Gasteiger partial charge >= 0.3 is 0 Å². The van der Waals surface area contributed by atoms with E-state index in [1.54, 1.807) is 0 Å². The summed E-state index contributed by atoms with van der Waals surface area (Å²) in [6.07, 6.45) is 5.05. The van der Waals surface area contributed by atoms with Crippen LogP contribution in [0.15, 0.2) is 18.2 Å². The Labute approximate surface area is 133 Å². The third-order valence-corrected chi connectivity index (χ3v) is 5.43. The van der Waals surface area contributed by atoms with E-state index >= 15 is 0 Å². The predicted octanol–water partition coefficient (Wildman–Crippen LogP) is 5.20. The van der Waals surface area contributed by atoms with Crippen molar-refractivity contribution >= 4 is 23.2 Å². The smallest absolute Gasteiger partial charge is 0.0624 e. The van der Waals surface area contributed by atoms with Crippen LogP contribution in [0.4, 0.5) is 0 Å². The molecular weight excluding hydrogens is 289 g/mol. The maximum atomic E-state index is 6.35. The van der Waals surface area contributed by atoms with Crippen LogP contribution >= 0.6 is 23.2 Å². The lowest BCUT2D eigenvalue weighted by atomic mass is 9.72. The van der Waals surface area contributed by atoms with Crippen molar-refractivity contribution in [2.24, 2.45) is 17.8 Å². The first kappa shape index (κ1) is 16.1. The van der Waals surface area contributed by atoms with Gasteiger partial charge in [-0.05, 0) is 61.7 Å². The molecule has 0 spiro atoms. The zero-order valence-electron chi connectivity index (χ0n) is 12.5. The van der Waals surface area contributed by atoms with Crippen LogP contribution in [0.1, 0.15) is 38.7 Å². The van der Waals surface area contributed by atoms with Gasteiger partial charge in [-0.25, -0.2) is 0 Å². The predicted molar refractivity (Wildman–Crippen MR) is 88.7 cm³/mol. The first-order valence-corrected chi connectivity index (χ1v) is 8.51. The molecule has 1 aliphatic rings. The van der Waals surface area contributed by atoms with Crippen LogP contribution in [-0.2, 0) is 6.42 Å². The highest BCUT2D eigenvalue weighted by atomic mass is 35.5. The topological polar surface area (TPSA) is 12.0 Å². The number of halogens is 2. The summed E-state index contributed by atoms with van der Waals surface area (Å²) in [5.41, 5.74) is 1.21. The Morgan fingerprint density at radius 1 is 1.20 bits per heavy atom. The second-order valence-electron chi connectivity index (χ2n) is 6.16. The third-order valence-electron chi connectivity index (χ3n) is 4.57. The normalized spacial score (nSPS) is 26.7. The minimum Gasteiger partial charge on any atom is -0.317 e. The van der Waals surface area contributed by atoms with E-state index in [0.717, 1.165) is 36.4 Å². The molecule has 1 saturated carbocycles. The van der Waals surface area contributed by atoms with Gasteiger partial charge in [0.2, 0.25) is 0 Å². The lowest BCUT2D eigenvalue weighted by molar-refractivity contribution is 0.184. The van der Waals surface area contributed by atoms with E-state index in [0.29, 0.717) is 10.9 Å². The lowest BCUT2D eigenvalue weighted by Gasteiger charge is -2.35. The Kier molecular flexibility index (Phi) is 6.20. The third kappa shape index (κ3) is 4.13. The fourth-order valence-electron chi connectivity index (χ4n) is 3.40. The summed E-state index contributed by atoms with van der Waals surface area (Å²) < 4.78 is 0. The summed E-state index contributed by atoms with van der Waals surface area (Å²) in [7, 11) is 0. The van der Waals surface area contributed by atoms with Gasteiger partial charge in [-0.3, -0.25) is 0 Å². The lowest BCUT2D eigenvalue weighted by Crippen LogP contribution is -2.33. The SMILES string of the molecule is CCNCC1CCC(C)CC1Cc1cccc(Cl)c1Cl. The van der Waals surface area contributed by atoms with Crippen molar-refractivity contribution in [1.82, 2.24) is 5.32 Å². The second-order valence-corrected chi connectivity index (χ2v) is 6.95. The van der Waals surface area contributed by atoms with Gasteiger partial charge in [-0.1, -0.05) is 55.6 Å². The molecule has 2 rings (SSSR count). The molecule has 1 fully saturated rings. The first-order chi connectivity index (χ1) is 9.61. The standard InChI is InChI=1S/C17H25Cl2N/c1-3-20-11-14-8-7-12(2)9-15(14)10-13-5-4-6-16(18)17(13)19/h4-6,12,14-15,20H,3,7-11H2,1-2H3. The van der Waals surface area contributed by atoms with Gasteiger partial charge in [0.25, 0.3) is 0 Å². The summed E-state index contributed by atoms with van der Waals surface area (Å²) in [6.45, 7) is 6.73. The summed E-state index contributed by atoms with van der Waals surface area (Å²) >= 11 is 12.5.